The van der Waals surface area contributed by atoms with Crippen LogP contribution in [0.15, 0.2) is 30.5 Å². The zero-order chi connectivity index (χ0) is 40.1. The van der Waals surface area contributed by atoms with Crippen LogP contribution in [0.4, 0.5) is 0 Å². The molecule has 20 heteroatoms. The van der Waals surface area contributed by atoms with Crippen molar-refractivity contribution in [2.45, 2.75) is 82.2 Å². The van der Waals surface area contributed by atoms with Crippen molar-refractivity contribution >= 4 is 58.2 Å². The van der Waals surface area contributed by atoms with E-state index in [1.165, 1.54) is 4.90 Å². The molecular weight excluding hydrogens is 710 g/mol. The SMILES string of the molecule is CC(C)C[C@H](NC(=O)[C@H](CO)NC(=O)CNC(=O)[C@@H]1CCCN1C(=O)[C@@H](N)Cc1c[nH]c2ccccc12)C(=O)N[C@@H](CO)C(=O)N[C@@H](CC(N)=O)C(=O)O. The van der Waals surface area contributed by atoms with E-state index in [2.05, 4.69) is 26.3 Å². The summed E-state index contributed by atoms with van der Waals surface area (Å²) < 4.78 is 0. The summed E-state index contributed by atoms with van der Waals surface area (Å²) in [5, 5.41) is 41.1. The first kappa shape index (κ1) is 42.8. The lowest BCUT2D eigenvalue weighted by Crippen LogP contribution is -2.59. The van der Waals surface area contributed by atoms with E-state index in [-0.39, 0.29) is 18.8 Å². The van der Waals surface area contributed by atoms with Gasteiger partial charge in [0.1, 0.15) is 30.2 Å². The van der Waals surface area contributed by atoms with E-state index in [1.807, 2.05) is 29.6 Å². The number of carboxylic acids is 1. The first-order chi connectivity index (χ1) is 25.6. The molecule has 3 rings (SSSR count). The number of aliphatic hydroxyl groups excluding tert-OH is 2. The number of nitrogens with one attached hydrogen (secondary N) is 6. The van der Waals surface area contributed by atoms with Crippen molar-refractivity contribution in [1.82, 2.24) is 36.5 Å². The van der Waals surface area contributed by atoms with Crippen LogP contribution in [0, 0.1) is 5.92 Å². The second-order valence-electron chi connectivity index (χ2n) is 13.4. The van der Waals surface area contributed by atoms with E-state index in [4.69, 9.17) is 11.5 Å². The summed E-state index contributed by atoms with van der Waals surface area (Å²) in [6, 6.07) is -0.568. The van der Waals surface area contributed by atoms with Gasteiger partial charge in [-0.15, -0.1) is 0 Å². The second kappa shape index (κ2) is 20.0. The van der Waals surface area contributed by atoms with Gasteiger partial charge in [-0.05, 0) is 43.2 Å². The van der Waals surface area contributed by atoms with Gasteiger partial charge in [0.2, 0.25) is 41.4 Å². The Hall–Kier alpha value is -5.60. The number of fused-ring (bicyclic) bond motifs is 1. The monoisotopic (exact) mass is 759 g/mol. The number of carboxylic acid groups (broad SMARTS) is 1. The van der Waals surface area contributed by atoms with Crippen molar-refractivity contribution in [1.29, 1.82) is 0 Å². The highest BCUT2D eigenvalue weighted by atomic mass is 16.4. The number of aromatic nitrogens is 1. The molecule has 0 spiro atoms. The second-order valence-corrected chi connectivity index (χ2v) is 13.4. The van der Waals surface area contributed by atoms with Gasteiger partial charge in [-0.25, -0.2) is 4.79 Å². The summed E-state index contributed by atoms with van der Waals surface area (Å²) >= 11 is 0. The number of benzene rings is 1. The summed E-state index contributed by atoms with van der Waals surface area (Å²) in [6.45, 7) is 1.24. The predicted octanol–water partition coefficient (Wildman–Crippen LogP) is -3.93. The van der Waals surface area contributed by atoms with Crippen molar-refractivity contribution in [2.24, 2.45) is 17.4 Å². The number of rotatable bonds is 20. The van der Waals surface area contributed by atoms with Crippen LogP contribution in [-0.4, -0.2) is 135 Å². The van der Waals surface area contributed by atoms with Crippen LogP contribution in [0.3, 0.4) is 0 Å². The molecule has 1 aliphatic rings. The number of nitrogens with zero attached hydrogens (tertiary/aromatic N) is 1. The van der Waals surface area contributed by atoms with E-state index >= 15 is 0 Å². The smallest absolute Gasteiger partial charge is 0.326 e. The van der Waals surface area contributed by atoms with E-state index < -0.39 is 110 Å². The fraction of sp³-hybridized carbons (Fsp3) is 0.529. The molecule has 0 saturated carbocycles. The lowest BCUT2D eigenvalue weighted by molar-refractivity contribution is -0.144. The lowest BCUT2D eigenvalue weighted by Gasteiger charge is -2.27. The van der Waals surface area contributed by atoms with Gasteiger partial charge in [-0.2, -0.15) is 0 Å². The fourth-order valence-corrected chi connectivity index (χ4v) is 5.98. The highest BCUT2D eigenvalue weighted by Gasteiger charge is 2.37. The number of aliphatic carboxylic acids is 1. The number of H-pyrrole nitrogens is 1. The average Bonchev–Trinajstić information content (AvgIpc) is 3.78. The Kier molecular flexibility index (Phi) is 15.9. The Morgan fingerprint density at radius 3 is 2.09 bits per heavy atom. The third-order valence-electron chi connectivity index (χ3n) is 8.70. The fourth-order valence-electron chi connectivity index (χ4n) is 5.98. The molecule has 0 bridgehead atoms. The van der Waals surface area contributed by atoms with Crippen molar-refractivity contribution in [3.8, 4) is 0 Å². The highest BCUT2D eigenvalue weighted by Crippen LogP contribution is 2.22. The highest BCUT2D eigenvalue weighted by molar-refractivity contribution is 5.97. The summed E-state index contributed by atoms with van der Waals surface area (Å²) in [6.07, 6.45) is 2.15. The number of para-hydroxylation sites is 1. The molecule has 6 atom stereocenters. The number of aliphatic hydroxyl groups is 2. The van der Waals surface area contributed by atoms with E-state index in [0.29, 0.717) is 19.4 Å². The molecule has 0 aliphatic carbocycles. The molecule has 1 aliphatic heterocycles. The molecule has 1 saturated heterocycles. The van der Waals surface area contributed by atoms with E-state index in [1.54, 1.807) is 20.0 Å². The number of hydrogen-bond donors (Lipinski definition) is 11. The third kappa shape index (κ3) is 12.0. The number of likely N-dealkylation sites (tertiary alicyclic amines) is 1. The average molecular weight is 760 g/mol. The van der Waals surface area contributed by atoms with Crippen molar-refractivity contribution in [2.75, 3.05) is 26.3 Å². The predicted molar refractivity (Wildman–Crippen MR) is 191 cm³/mol. The van der Waals surface area contributed by atoms with Crippen LogP contribution in [0.1, 0.15) is 45.1 Å². The van der Waals surface area contributed by atoms with Crippen LogP contribution < -0.4 is 38.1 Å². The zero-order valence-electron chi connectivity index (χ0n) is 30.0. The molecule has 2 aromatic rings. The molecule has 54 heavy (non-hydrogen) atoms. The number of carbonyl (C=O) groups is 8. The molecular formula is C34H49N9O11. The minimum absolute atomic E-state index is 0.000959. The zero-order valence-corrected chi connectivity index (χ0v) is 30.0. The molecule has 1 aromatic heterocycles. The molecule has 13 N–H and O–H groups in total. The maximum absolute atomic E-state index is 13.3. The minimum Gasteiger partial charge on any atom is -0.480 e. The van der Waals surface area contributed by atoms with Crippen LogP contribution in [0.5, 0.6) is 0 Å². The van der Waals surface area contributed by atoms with Crippen LogP contribution in [0.25, 0.3) is 10.9 Å². The molecule has 2 heterocycles. The van der Waals surface area contributed by atoms with Crippen molar-refractivity contribution in [3.63, 3.8) is 0 Å². The Balaban J connectivity index is 1.55. The summed E-state index contributed by atoms with van der Waals surface area (Å²) in [5.74, 6) is -7.81. The topological polar surface area (TPSA) is 328 Å². The van der Waals surface area contributed by atoms with Gasteiger partial charge in [0.05, 0.1) is 32.2 Å². The number of amides is 7. The van der Waals surface area contributed by atoms with Crippen molar-refractivity contribution in [3.05, 3.63) is 36.0 Å². The largest absolute Gasteiger partial charge is 0.480 e. The standard InChI is InChI=1S/C34H49N9O11/c1-17(2)10-22(29(48)42-25(16-45)31(50)41-23(34(53)54)12-27(36)46)40-30(49)24(15-44)39-28(47)14-38-32(51)26-8-5-9-43(26)33(52)20(35)11-18-13-37-21-7-4-3-6-19(18)21/h3-4,6-7,13,17,20,22-26,37,44-45H,5,8-12,14-16,35H2,1-2H3,(H2,36,46)(H,38,51)(H,39,47)(H,40,49)(H,41,50)(H,42,48)(H,53,54)/t20-,22-,23-,24-,25-,26-/m0/s1. The quantitative estimate of drug-likeness (QED) is 0.0617. The van der Waals surface area contributed by atoms with E-state index in [9.17, 15) is 53.7 Å². The third-order valence-corrected chi connectivity index (χ3v) is 8.70. The molecule has 296 valence electrons. The molecule has 1 aromatic carbocycles. The number of primary amides is 1. The molecule has 0 radical (unpaired) electrons. The summed E-state index contributed by atoms with van der Waals surface area (Å²) in [7, 11) is 0. The summed E-state index contributed by atoms with van der Waals surface area (Å²) in [4.78, 5) is 105. The normalized spacial score (nSPS) is 16.8. The molecule has 1 fully saturated rings. The first-order valence-corrected chi connectivity index (χ1v) is 17.4. The van der Waals surface area contributed by atoms with Gasteiger partial charge in [0.25, 0.3) is 0 Å². The number of aromatic amines is 1. The summed E-state index contributed by atoms with van der Waals surface area (Å²) in [5.41, 5.74) is 13.0. The molecule has 7 amide bonds. The van der Waals surface area contributed by atoms with E-state index in [0.717, 1.165) is 16.5 Å². The first-order valence-electron chi connectivity index (χ1n) is 17.4. The Morgan fingerprint density at radius 1 is 0.889 bits per heavy atom. The molecule has 20 nitrogen and oxygen atoms in total. The van der Waals surface area contributed by atoms with Crippen LogP contribution in [-0.2, 0) is 44.8 Å². The molecule has 0 unspecified atom stereocenters. The van der Waals surface area contributed by atoms with Gasteiger partial charge in [0.15, 0.2) is 0 Å². The Bertz CT molecular complexity index is 1700. The minimum atomic E-state index is -1.73. The Morgan fingerprint density at radius 2 is 1.48 bits per heavy atom. The number of nitrogens with two attached hydrogens (primary N) is 2. The maximum atomic E-state index is 13.3. The number of carbonyl (C=O) groups excluding carboxylic acids is 7. The maximum Gasteiger partial charge on any atom is 0.326 e. The van der Waals surface area contributed by atoms with Crippen LogP contribution in [0.2, 0.25) is 0 Å². The van der Waals surface area contributed by atoms with Gasteiger partial charge < -0.3 is 63.3 Å². The van der Waals surface area contributed by atoms with Gasteiger partial charge in [-0.3, -0.25) is 33.6 Å². The van der Waals surface area contributed by atoms with Crippen molar-refractivity contribution < 1.29 is 53.7 Å². The van der Waals surface area contributed by atoms with Gasteiger partial charge >= 0.3 is 5.97 Å². The Labute approximate surface area is 310 Å². The van der Waals surface area contributed by atoms with Gasteiger partial charge in [-0.1, -0.05) is 32.0 Å². The van der Waals surface area contributed by atoms with Crippen LogP contribution >= 0.6 is 0 Å². The van der Waals surface area contributed by atoms with Gasteiger partial charge in [0, 0.05) is 23.6 Å². The lowest BCUT2D eigenvalue weighted by atomic mass is 10.0. The number of hydrogen-bond acceptors (Lipinski definition) is 11.